The molecule has 2 bridgehead atoms. The lowest BCUT2D eigenvalue weighted by atomic mass is 9.57. The van der Waals surface area contributed by atoms with Crippen molar-refractivity contribution in [1.29, 1.82) is 0 Å². The van der Waals surface area contributed by atoms with Gasteiger partial charge >= 0.3 is 6.09 Å². The van der Waals surface area contributed by atoms with Crippen molar-refractivity contribution in [2.24, 2.45) is 45.2 Å². The zero-order valence-electron chi connectivity index (χ0n) is 31.9. The number of aliphatic imine (C=N–C) groups is 1. The molecule has 3 aliphatic rings. The number of guanidine groups is 1. The minimum atomic E-state index is -0.958. The van der Waals surface area contributed by atoms with Crippen LogP contribution in [0.1, 0.15) is 94.6 Å². The van der Waals surface area contributed by atoms with Crippen LogP contribution in [0.3, 0.4) is 0 Å². The molecule has 0 unspecified atom stereocenters. The first-order chi connectivity index (χ1) is 26.4. The Labute approximate surface area is 324 Å². The summed E-state index contributed by atoms with van der Waals surface area (Å²) >= 11 is 0. The Morgan fingerprint density at radius 1 is 0.782 bits per heavy atom. The molecular formula is C41H60N8O6. The molecular weight excluding hydrogens is 701 g/mol. The Morgan fingerprint density at radius 2 is 1.38 bits per heavy atom. The van der Waals surface area contributed by atoms with Crippen LogP contribution in [0, 0.1) is 17.3 Å². The second kappa shape index (κ2) is 21.8. The van der Waals surface area contributed by atoms with Gasteiger partial charge in [-0.15, -0.1) is 0 Å². The van der Waals surface area contributed by atoms with Crippen molar-refractivity contribution in [1.82, 2.24) is 16.0 Å². The molecule has 2 aromatic rings. The Kier molecular flexibility index (Phi) is 16.9. The van der Waals surface area contributed by atoms with E-state index in [9.17, 15) is 24.0 Å². The largest absolute Gasteiger partial charge is 0.445 e. The zero-order chi connectivity index (χ0) is 39.6. The van der Waals surface area contributed by atoms with Gasteiger partial charge in [-0.05, 0) is 106 Å². The Balaban J connectivity index is 1.39. The smallest absolute Gasteiger partial charge is 0.407 e. The molecule has 0 spiro atoms. The van der Waals surface area contributed by atoms with E-state index in [0.717, 1.165) is 49.7 Å². The number of nitrogens with two attached hydrogens (primary N) is 4. The first-order valence-electron chi connectivity index (χ1n) is 19.7. The monoisotopic (exact) mass is 760 g/mol. The predicted molar refractivity (Wildman–Crippen MR) is 211 cm³/mol. The molecule has 3 aliphatic carbocycles. The molecule has 4 atom stereocenters. The number of nitrogens with one attached hydrogen (secondary N) is 3. The fourth-order valence-electron chi connectivity index (χ4n) is 7.88. The van der Waals surface area contributed by atoms with Crippen LogP contribution in [0.5, 0.6) is 0 Å². The molecule has 11 N–H and O–H groups in total. The van der Waals surface area contributed by atoms with Gasteiger partial charge in [-0.1, -0.05) is 60.7 Å². The van der Waals surface area contributed by atoms with Crippen molar-refractivity contribution in [2.45, 2.75) is 115 Å². The van der Waals surface area contributed by atoms with E-state index in [2.05, 4.69) is 20.9 Å². The number of hydrogen-bond donors (Lipinski definition) is 7. The van der Waals surface area contributed by atoms with Crippen LogP contribution in [0.2, 0.25) is 0 Å². The zero-order valence-corrected chi connectivity index (χ0v) is 31.9. The lowest BCUT2D eigenvalue weighted by Gasteiger charge is -2.48. The van der Waals surface area contributed by atoms with Gasteiger partial charge in [0.15, 0.2) is 11.7 Å². The molecule has 2 aromatic carbocycles. The van der Waals surface area contributed by atoms with Gasteiger partial charge in [0.1, 0.15) is 12.6 Å². The summed E-state index contributed by atoms with van der Waals surface area (Å²) in [6.07, 6.45) is 8.33. The summed E-state index contributed by atoms with van der Waals surface area (Å²) < 4.78 is 5.24. The van der Waals surface area contributed by atoms with Gasteiger partial charge in [-0.3, -0.25) is 24.2 Å². The number of nitrogens with zero attached hydrogens (tertiary/aromatic N) is 1. The lowest BCUT2D eigenvalue weighted by molar-refractivity contribution is -0.135. The first-order valence-corrected chi connectivity index (χ1v) is 19.7. The van der Waals surface area contributed by atoms with Gasteiger partial charge in [-0.25, -0.2) is 4.79 Å². The van der Waals surface area contributed by atoms with Gasteiger partial charge < -0.3 is 43.6 Å². The third-order valence-electron chi connectivity index (χ3n) is 11.1. The number of primary amides is 1. The number of amides is 4. The van der Waals surface area contributed by atoms with Crippen molar-refractivity contribution >= 4 is 35.6 Å². The summed E-state index contributed by atoms with van der Waals surface area (Å²) in [5, 5.41) is 8.42. The predicted octanol–water partition coefficient (Wildman–Crippen LogP) is 3.10. The molecule has 0 radical (unpaired) electrons. The van der Waals surface area contributed by atoms with E-state index in [1.165, 1.54) is 0 Å². The number of benzene rings is 2. The fourth-order valence-corrected chi connectivity index (χ4v) is 7.88. The maximum absolute atomic E-state index is 14.1. The van der Waals surface area contributed by atoms with Crippen LogP contribution < -0.4 is 38.9 Å². The van der Waals surface area contributed by atoms with Crippen molar-refractivity contribution in [3.8, 4) is 0 Å². The number of fused-ring (bicyclic) bond motifs is 3. The number of hydrogen-bond acceptors (Lipinski definition) is 8. The molecule has 14 heteroatoms. The molecule has 3 saturated carbocycles. The minimum absolute atomic E-state index is 0.0653. The fraction of sp³-hybridized carbons (Fsp3) is 0.561. The van der Waals surface area contributed by atoms with Crippen LogP contribution >= 0.6 is 0 Å². The summed E-state index contributed by atoms with van der Waals surface area (Å²) in [5.41, 5.74) is 24.8. The SMILES string of the molecule is NC(=O)[C@H](CCCCNC(=O)OCc1ccccc1)NC(=O)[C@@H](CC(=O)[C@H](CCCN=C(N)N)NC(=O)[C@@H](N)Cc1ccccc1)CC12CCC(CC1)CC2. The molecule has 55 heavy (non-hydrogen) atoms. The van der Waals surface area contributed by atoms with E-state index in [-0.39, 0.29) is 49.6 Å². The standard InChI is InChI=1S/C41H60N8O6/c42-32(24-29-10-3-1-4-11-29)38(53)48-33(15-9-23-46-39(44)45)35(50)25-31(26-41-19-16-28(17-20-41)18-21-41)37(52)49-34(36(43)51)14-7-8-22-47-40(54)55-27-30-12-5-2-6-13-30/h1-6,10-13,28,31-34H,7-9,14-27,42H2,(H2,43,51)(H,47,54)(H,48,53)(H,49,52)(H4,44,45,46)/t28?,31-,32-,33-,34-,41?/m0/s1. The van der Waals surface area contributed by atoms with Crippen LogP contribution in [-0.4, -0.2) is 66.8 Å². The Morgan fingerprint density at radius 3 is 2.00 bits per heavy atom. The summed E-state index contributed by atoms with van der Waals surface area (Å²) in [4.78, 5) is 70.3. The highest BCUT2D eigenvalue weighted by Crippen LogP contribution is 2.53. The maximum atomic E-state index is 14.1. The van der Waals surface area contributed by atoms with Crippen LogP contribution in [0.25, 0.3) is 0 Å². The number of ether oxygens (including phenoxy) is 1. The number of carbonyl (C=O) groups excluding carboxylic acids is 5. The number of Topliss-reactive ketones (excluding diaryl/α,β-unsaturated/α-hetero) is 1. The molecule has 0 aromatic heterocycles. The molecule has 3 fully saturated rings. The lowest BCUT2D eigenvalue weighted by Crippen LogP contribution is -2.51. The van der Waals surface area contributed by atoms with E-state index < -0.39 is 47.9 Å². The van der Waals surface area contributed by atoms with E-state index in [1.54, 1.807) is 0 Å². The minimum Gasteiger partial charge on any atom is -0.445 e. The molecule has 0 heterocycles. The molecule has 0 aliphatic heterocycles. The third-order valence-corrected chi connectivity index (χ3v) is 11.1. The van der Waals surface area contributed by atoms with Crippen LogP contribution in [-0.2, 0) is 36.9 Å². The van der Waals surface area contributed by atoms with Crippen molar-refractivity contribution in [3.63, 3.8) is 0 Å². The summed E-state index contributed by atoms with van der Waals surface area (Å²) in [7, 11) is 0. The number of unbranched alkanes of at least 4 members (excludes halogenated alkanes) is 1. The average molecular weight is 761 g/mol. The highest BCUT2D eigenvalue weighted by Gasteiger charge is 2.44. The quantitative estimate of drug-likeness (QED) is 0.0499. The summed E-state index contributed by atoms with van der Waals surface area (Å²) in [6, 6.07) is 16.0. The third kappa shape index (κ3) is 14.6. The van der Waals surface area contributed by atoms with Gasteiger partial charge in [0.05, 0.1) is 12.1 Å². The number of ketones is 1. The normalized spacial score (nSPS) is 19.5. The Hall–Kier alpha value is -4.98. The van der Waals surface area contributed by atoms with Crippen molar-refractivity contribution in [3.05, 3.63) is 71.8 Å². The van der Waals surface area contributed by atoms with Gasteiger partial charge in [0.2, 0.25) is 17.7 Å². The topological polar surface area (TPSA) is 247 Å². The summed E-state index contributed by atoms with van der Waals surface area (Å²) in [6.45, 7) is 0.733. The number of carbonyl (C=O) groups is 5. The van der Waals surface area contributed by atoms with Crippen molar-refractivity contribution < 1.29 is 28.7 Å². The van der Waals surface area contributed by atoms with E-state index in [1.807, 2.05) is 60.7 Å². The highest BCUT2D eigenvalue weighted by molar-refractivity contribution is 5.94. The molecule has 0 saturated heterocycles. The molecule has 300 valence electrons. The second-order valence-electron chi connectivity index (χ2n) is 15.3. The summed E-state index contributed by atoms with van der Waals surface area (Å²) in [5.74, 6) is -1.96. The van der Waals surface area contributed by atoms with E-state index in [0.29, 0.717) is 44.6 Å². The number of alkyl carbamates (subject to hydrolysis) is 1. The molecule has 4 amide bonds. The molecule has 5 rings (SSSR count). The van der Waals surface area contributed by atoms with Gasteiger partial charge in [-0.2, -0.15) is 0 Å². The second-order valence-corrected chi connectivity index (χ2v) is 15.3. The van der Waals surface area contributed by atoms with E-state index >= 15 is 0 Å². The average Bonchev–Trinajstić information content (AvgIpc) is 3.18. The van der Waals surface area contributed by atoms with Gasteiger partial charge in [0, 0.05) is 25.4 Å². The first kappa shape index (κ1) is 42.8. The van der Waals surface area contributed by atoms with E-state index in [4.69, 9.17) is 27.7 Å². The number of rotatable bonds is 23. The molecule has 14 nitrogen and oxygen atoms in total. The Bertz CT molecular complexity index is 1560. The van der Waals surface area contributed by atoms with Crippen molar-refractivity contribution in [2.75, 3.05) is 13.1 Å². The van der Waals surface area contributed by atoms with Crippen LogP contribution in [0.4, 0.5) is 4.79 Å². The van der Waals surface area contributed by atoms with Crippen LogP contribution in [0.15, 0.2) is 65.7 Å². The highest BCUT2D eigenvalue weighted by atomic mass is 16.5. The maximum Gasteiger partial charge on any atom is 0.407 e. The van der Waals surface area contributed by atoms with Gasteiger partial charge in [0.25, 0.3) is 0 Å².